The van der Waals surface area contributed by atoms with Crippen molar-refractivity contribution in [3.05, 3.63) is 70.8 Å². The van der Waals surface area contributed by atoms with E-state index in [0.717, 1.165) is 12.6 Å². The SMILES string of the molecule is CCC1(c2ccc(CNCCc3cccc(C(F)(F)F)c3)cc2)CC1. The zero-order valence-corrected chi connectivity index (χ0v) is 14.5. The number of nitrogens with one attached hydrogen (secondary N) is 1. The van der Waals surface area contributed by atoms with Crippen molar-refractivity contribution in [1.82, 2.24) is 5.32 Å². The highest BCUT2D eigenvalue weighted by molar-refractivity contribution is 5.33. The van der Waals surface area contributed by atoms with E-state index in [2.05, 4.69) is 36.5 Å². The molecule has 25 heavy (non-hydrogen) atoms. The molecule has 0 aliphatic heterocycles. The largest absolute Gasteiger partial charge is 0.416 e. The molecule has 2 aromatic rings. The van der Waals surface area contributed by atoms with E-state index >= 15 is 0 Å². The molecule has 2 aromatic carbocycles. The van der Waals surface area contributed by atoms with Crippen LogP contribution in [0.5, 0.6) is 0 Å². The molecule has 0 bridgehead atoms. The quantitative estimate of drug-likeness (QED) is 0.654. The lowest BCUT2D eigenvalue weighted by molar-refractivity contribution is -0.137. The van der Waals surface area contributed by atoms with Gasteiger partial charge in [-0.2, -0.15) is 13.2 Å². The molecular formula is C21H24F3N. The Kier molecular flexibility index (Phi) is 5.19. The standard InChI is InChI=1S/C21H24F3N/c1-2-20(11-12-20)18-8-6-17(7-9-18)15-25-13-10-16-4-3-5-19(14-16)21(22,23)24/h3-9,14,25H,2,10-13,15H2,1H3. The van der Waals surface area contributed by atoms with Crippen LogP contribution in [0.1, 0.15) is 48.4 Å². The van der Waals surface area contributed by atoms with E-state index in [9.17, 15) is 13.2 Å². The zero-order chi connectivity index (χ0) is 17.9. The van der Waals surface area contributed by atoms with Gasteiger partial charge >= 0.3 is 6.18 Å². The number of alkyl halides is 3. The molecule has 3 rings (SSSR count). The molecule has 0 heterocycles. The fraction of sp³-hybridized carbons (Fsp3) is 0.429. The van der Waals surface area contributed by atoms with E-state index < -0.39 is 11.7 Å². The van der Waals surface area contributed by atoms with Gasteiger partial charge in [0, 0.05) is 6.54 Å². The van der Waals surface area contributed by atoms with Crippen LogP contribution in [0.3, 0.4) is 0 Å². The Bertz CT molecular complexity index is 700. The van der Waals surface area contributed by atoms with Crippen molar-refractivity contribution in [2.75, 3.05) is 6.54 Å². The topological polar surface area (TPSA) is 12.0 Å². The van der Waals surface area contributed by atoms with Crippen molar-refractivity contribution in [1.29, 1.82) is 0 Å². The third-order valence-corrected chi connectivity index (χ3v) is 5.27. The van der Waals surface area contributed by atoms with Crippen LogP contribution < -0.4 is 5.32 Å². The highest BCUT2D eigenvalue weighted by Gasteiger charge is 2.41. The summed E-state index contributed by atoms with van der Waals surface area (Å²) in [6, 6.07) is 14.3. The highest BCUT2D eigenvalue weighted by atomic mass is 19.4. The number of halogens is 3. The summed E-state index contributed by atoms with van der Waals surface area (Å²) < 4.78 is 38.1. The summed E-state index contributed by atoms with van der Waals surface area (Å²) in [5, 5.41) is 3.31. The predicted molar refractivity (Wildman–Crippen MR) is 94.5 cm³/mol. The minimum absolute atomic E-state index is 0.426. The van der Waals surface area contributed by atoms with Crippen molar-refractivity contribution in [2.45, 2.75) is 50.7 Å². The lowest BCUT2D eigenvalue weighted by atomic mass is 9.92. The van der Waals surface area contributed by atoms with Crippen LogP contribution in [0.15, 0.2) is 48.5 Å². The highest BCUT2D eigenvalue weighted by Crippen LogP contribution is 2.50. The van der Waals surface area contributed by atoms with Crippen molar-refractivity contribution in [3.8, 4) is 0 Å². The molecule has 1 N–H and O–H groups in total. The number of rotatable bonds is 7. The van der Waals surface area contributed by atoms with Crippen LogP contribution in [-0.2, 0) is 24.6 Å². The molecule has 0 unspecified atom stereocenters. The molecule has 1 fully saturated rings. The molecular weight excluding hydrogens is 323 g/mol. The van der Waals surface area contributed by atoms with Crippen molar-refractivity contribution >= 4 is 0 Å². The van der Waals surface area contributed by atoms with Gasteiger partial charge in [-0.15, -0.1) is 0 Å². The van der Waals surface area contributed by atoms with Crippen LogP contribution >= 0.6 is 0 Å². The lowest BCUT2D eigenvalue weighted by Crippen LogP contribution is -2.17. The maximum Gasteiger partial charge on any atom is 0.416 e. The molecule has 0 saturated heterocycles. The maximum absolute atomic E-state index is 12.7. The first-order chi connectivity index (χ1) is 11.9. The first kappa shape index (κ1) is 18.0. The Morgan fingerprint density at radius 1 is 1.00 bits per heavy atom. The zero-order valence-electron chi connectivity index (χ0n) is 14.5. The van der Waals surface area contributed by atoms with Gasteiger partial charge in [0.15, 0.2) is 0 Å². The fourth-order valence-electron chi connectivity index (χ4n) is 3.34. The van der Waals surface area contributed by atoms with Crippen LogP contribution in [0.2, 0.25) is 0 Å². The van der Waals surface area contributed by atoms with Crippen LogP contribution in [0.25, 0.3) is 0 Å². The van der Waals surface area contributed by atoms with Gasteiger partial charge in [-0.1, -0.05) is 49.4 Å². The van der Waals surface area contributed by atoms with Crippen LogP contribution in [0.4, 0.5) is 13.2 Å². The van der Waals surface area contributed by atoms with Gasteiger partial charge in [0.1, 0.15) is 0 Å². The molecule has 134 valence electrons. The summed E-state index contributed by atoms with van der Waals surface area (Å²) >= 11 is 0. The molecule has 0 aromatic heterocycles. The molecule has 0 spiro atoms. The average Bonchev–Trinajstić information content (AvgIpc) is 3.40. The Morgan fingerprint density at radius 3 is 2.32 bits per heavy atom. The number of hydrogen-bond donors (Lipinski definition) is 1. The predicted octanol–water partition coefficient (Wildman–Crippen LogP) is 5.48. The maximum atomic E-state index is 12.7. The van der Waals surface area contributed by atoms with Crippen molar-refractivity contribution in [2.24, 2.45) is 0 Å². The smallest absolute Gasteiger partial charge is 0.312 e. The van der Waals surface area contributed by atoms with Gasteiger partial charge in [0.2, 0.25) is 0 Å². The third-order valence-electron chi connectivity index (χ3n) is 5.27. The van der Waals surface area contributed by atoms with Gasteiger partial charge < -0.3 is 5.32 Å². The second kappa shape index (κ2) is 7.20. The Hall–Kier alpha value is -1.81. The monoisotopic (exact) mass is 347 g/mol. The summed E-state index contributed by atoms with van der Waals surface area (Å²) in [6.45, 7) is 3.64. The first-order valence-electron chi connectivity index (χ1n) is 8.89. The molecule has 1 nitrogen and oxygen atoms in total. The van der Waals surface area contributed by atoms with Crippen molar-refractivity contribution in [3.63, 3.8) is 0 Å². The summed E-state index contributed by atoms with van der Waals surface area (Å²) in [7, 11) is 0. The minimum Gasteiger partial charge on any atom is -0.312 e. The third kappa shape index (κ3) is 4.43. The summed E-state index contributed by atoms with van der Waals surface area (Å²) in [4.78, 5) is 0. The van der Waals surface area contributed by atoms with E-state index in [-0.39, 0.29) is 0 Å². The summed E-state index contributed by atoms with van der Waals surface area (Å²) in [5.74, 6) is 0. The van der Waals surface area contributed by atoms with E-state index in [4.69, 9.17) is 0 Å². The normalized spacial score (nSPS) is 16.0. The van der Waals surface area contributed by atoms with Gasteiger partial charge in [-0.05, 0) is 60.4 Å². The molecule has 0 amide bonds. The van der Waals surface area contributed by atoms with Gasteiger partial charge in [0.05, 0.1) is 5.56 Å². The van der Waals surface area contributed by atoms with E-state index in [1.807, 2.05) is 0 Å². The average molecular weight is 347 g/mol. The van der Waals surface area contributed by atoms with Crippen LogP contribution in [0, 0.1) is 0 Å². The minimum atomic E-state index is -4.28. The molecule has 1 saturated carbocycles. The molecule has 1 aliphatic rings. The summed E-state index contributed by atoms with van der Waals surface area (Å²) in [6.07, 6.45) is 0.0846. The van der Waals surface area contributed by atoms with E-state index in [1.165, 1.54) is 42.5 Å². The fourth-order valence-corrected chi connectivity index (χ4v) is 3.34. The van der Waals surface area contributed by atoms with E-state index in [1.54, 1.807) is 6.07 Å². The van der Waals surface area contributed by atoms with Gasteiger partial charge in [0.25, 0.3) is 0 Å². The lowest BCUT2D eigenvalue weighted by Gasteiger charge is -2.13. The first-order valence-corrected chi connectivity index (χ1v) is 8.89. The molecule has 4 heteroatoms. The Labute approximate surface area is 147 Å². The molecule has 1 aliphatic carbocycles. The molecule has 0 radical (unpaired) electrons. The number of hydrogen-bond acceptors (Lipinski definition) is 1. The molecule has 0 atom stereocenters. The van der Waals surface area contributed by atoms with E-state index in [0.29, 0.717) is 23.9 Å². The van der Waals surface area contributed by atoms with Crippen LogP contribution in [-0.4, -0.2) is 6.54 Å². The Balaban J connectivity index is 1.47. The van der Waals surface area contributed by atoms with Gasteiger partial charge in [-0.3, -0.25) is 0 Å². The van der Waals surface area contributed by atoms with Crippen molar-refractivity contribution < 1.29 is 13.2 Å². The second-order valence-electron chi connectivity index (χ2n) is 6.96. The summed E-state index contributed by atoms with van der Waals surface area (Å²) in [5.41, 5.74) is 3.19. The number of benzene rings is 2. The van der Waals surface area contributed by atoms with Gasteiger partial charge in [-0.25, -0.2) is 0 Å². The second-order valence-corrected chi connectivity index (χ2v) is 6.96. The Morgan fingerprint density at radius 2 is 1.72 bits per heavy atom.